The number of hydrogen-bond acceptors (Lipinski definition) is 5. The standard InChI is InChI=1S/C22H24N2O5/c1-14-5-8-17(9-6-14)22(3)20(26)24(21(27)23-22)12-19(25)29-13-16-11-15(2)7-10-18(16)28-4/h5-11H,12-13H2,1-4H3,(H,23,27)/t22-/m0/s1. The molecule has 0 aromatic heterocycles. The van der Waals surface area contributed by atoms with E-state index in [9.17, 15) is 14.4 Å². The normalized spacial score (nSPS) is 18.6. The predicted octanol–water partition coefficient (Wildman–Crippen LogP) is 2.82. The highest BCUT2D eigenvalue weighted by atomic mass is 16.5. The summed E-state index contributed by atoms with van der Waals surface area (Å²) in [5.41, 5.74) is 2.19. The zero-order valence-corrected chi connectivity index (χ0v) is 16.9. The van der Waals surface area contributed by atoms with Gasteiger partial charge >= 0.3 is 12.0 Å². The number of aryl methyl sites for hydroxylation is 2. The van der Waals surface area contributed by atoms with Crippen molar-refractivity contribution in [2.75, 3.05) is 13.7 Å². The monoisotopic (exact) mass is 396 g/mol. The molecular weight excluding hydrogens is 372 g/mol. The summed E-state index contributed by atoms with van der Waals surface area (Å²) >= 11 is 0. The van der Waals surface area contributed by atoms with Gasteiger partial charge in [0.1, 0.15) is 24.4 Å². The lowest BCUT2D eigenvalue weighted by molar-refractivity contribution is -0.148. The lowest BCUT2D eigenvalue weighted by Crippen LogP contribution is -2.41. The number of rotatable bonds is 6. The molecule has 7 heteroatoms. The Morgan fingerprint density at radius 2 is 1.72 bits per heavy atom. The SMILES string of the molecule is COc1ccc(C)cc1COC(=O)CN1C(=O)N[C@@](C)(c2ccc(C)cc2)C1=O. The van der Waals surface area contributed by atoms with Crippen molar-refractivity contribution < 1.29 is 23.9 Å². The van der Waals surface area contributed by atoms with Gasteiger partial charge in [0.25, 0.3) is 5.91 Å². The summed E-state index contributed by atoms with van der Waals surface area (Å²) in [4.78, 5) is 38.4. The number of carbonyl (C=O) groups is 3. The van der Waals surface area contributed by atoms with Crippen LogP contribution in [0.5, 0.6) is 5.75 Å². The van der Waals surface area contributed by atoms with Gasteiger partial charge in [-0.25, -0.2) is 4.79 Å². The van der Waals surface area contributed by atoms with Crippen LogP contribution in [0.15, 0.2) is 42.5 Å². The molecule has 3 amide bonds. The van der Waals surface area contributed by atoms with Gasteiger partial charge in [-0.3, -0.25) is 14.5 Å². The third-order valence-corrected chi connectivity index (χ3v) is 5.02. The van der Waals surface area contributed by atoms with Gasteiger partial charge in [0.05, 0.1) is 7.11 Å². The fourth-order valence-electron chi connectivity index (χ4n) is 3.28. The van der Waals surface area contributed by atoms with Gasteiger partial charge in [-0.2, -0.15) is 0 Å². The van der Waals surface area contributed by atoms with Gasteiger partial charge in [-0.15, -0.1) is 0 Å². The summed E-state index contributed by atoms with van der Waals surface area (Å²) in [7, 11) is 1.54. The zero-order valence-electron chi connectivity index (χ0n) is 16.9. The molecule has 1 aliphatic heterocycles. The van der Waals surface area contributed by atoms with Crippen LogP contribution in [0.1, 0.15) is 29.2 Å². The minimum absolute atomic E-state index is 0.0113. The summed E-state index contributed by atoms with van der Waals surface area (Å²) in [5.74, 6) is -0.563. The molecule has 2 aromatic carbocycles. The van der Waals surface area contributed by atoms with E-state index in [0.717, 1.165) is 16.0 Å². The summed E-state index contributed by atoms with van der Waals surface area (Å²) in [6.07, 6.45) is 0. The number of urea groups is 1. The van der Waals surface area contributed by atoms with Gasteiger partial charge in [0, 0.05) is 5.56 Å². The maximum atomic E-state index is 12.9. The molecule has 0 saturated carbocycles. The summed E-state index contributed by atoms with van der Waals surface area (Å²) in [6.45, 7) is 5.01. The van der Waals surface area contributed by atoms with E-state index in [4.69, 9.17) is 9.47 Å². The Hall–Kier alpha value is -3.35. The summed E-state index contributed by atoms with van der Waals surface area (Å²) < 4.78 is 10.5. The second-order valence-corrected chi connectivity index (χ2v) is 7.29. The third-order valence-electron chi connectivity index (χ3n) is 5.02. The van der Waals surface area contributed by atoms with E-state index in [0.29, 0.717) is 16.9 Å². The average molecular weight is 396 g/mol. The van der Waals surface area contributed by atoms with Gasteiger partial charge in [0.15, 0.2) is 0 Å². The smallest absolute Gasteiger partial charge is 0.326 e. The minimum Gasteiger partial charge on any atom is -0.496 e. The third kappa shape index (κ3) is 4.08. The Kier molecular flexibility index (Phi) is 5.59. The molecule has 0 spiro atoms. The Morgan fingerprint density at radius 3 is 2.38 bits per heavy atom. The molecular formula is C22H24N2O5. The van der Waals surface area contributed by atoms with Gasteiger partial charge < -0.3 is 14.8 Å². The molecule has 0 radical (unpaired) electrons. The van der Waals surface area contributed by atoms with E-state index in [1.54, 1.807) is 25.1 Å². The Balaban J connectivity index is 1.68. The van der Waals surface area contributed by atoms with Crippen molar-refractivity contribution in [1.82, 2.24) is 10.2 Å². The molecule has 7 nitrogen and oxygen atoms in total. The molecule has 1 atom stereocenters. The van der Waals surface area contributed by atoms with Crippen LogP contribution >= 0.6 is 0 Å². The lowest BCUT2D eigenvalue weighted by atomic mass is 9.91. The van der Waals surface area contributed by atoms with Gasteiger partial charge in [0.2, 0.25) is 0 Å². The second kappa shape index (κ2) is 7.95. The molecule has 1 fully saturated rings. The summed E-state index contributed by atoms with van der Waals surface area (Å²) in [5, 5.41) is 2.68. The number of methoxy groups -OCH3 is 1. The largest absolute Gasteiger partial charge is 0.496 e. The molecule has 0 bridgehead atoms. The molecule has 1 N–H and O–H groups in total. The number of nitrogens with zero attached hydrogens (tertiary/aromatic N) is 1. The Labute approximate surface area is 169 Å². The van der Waals surface area contributed by atoms with E-state index in [-0.39, 0.29) is 6.61 Å². The lowest BCUT2D eigenvalue weighted by Gasteiger charge is -2.22. The molecule has 0 aliphatic carbocycles. The number of hydrogen-bond donors (Lipinski definition) is 1. The highest BCUT2D eigenvalue weighted by molar-refractivity contribution is 6.08. The van der Waals surface area contributed by atoms with Gasteiger partial charge in [-0.05, 0) is 38.5 Å². The maximum Gasteiger partial charge on any atom is 0.326 e. The molecule has 1 aliphatic rings. The fourth-order valence-corrected chi connectivity index (χ4v) is 3.28. The van der Waals surface area contributed by atoms with Crippen LogP contribution < -0.4 is 10.1 Å². The number of nitrogens with one attached hydrogen (secondary N) is 1. The number of imide groups is 1. The number of ether oxygens (including phenoxy) is 2. The van der Waals surface area contributed by atoms with Crippen LogP contribution in [0.4, 0.5) is 4.79 Å². The first-order chi connectivity index (χ1) is 13.7. The van der Waals surface area contributed by atoms with Crippen LogP contribution in [-0.2, 0) is 26.5 Å². The molecule has 3 rings (SSSR count). The van der Waals surface area contributed by atoms with Crippen molar-refractivity contribution in [1.29, 1.82) is 0 Å². The highest BCUT2D eigenvalue weighted by Crippen LogP contribution is 2.29. The maximum absolute atomic E-state index is 12.9. The first-order valence-electron chi connectivity index (χ1n) is 9.25. The van der Waals surface area contributed by atoms with E-state index >= 15 is 0 Å². The van der Waals surface area contributed by atoms with E-state index < -0.39 is 30.0 Å². The quantitative estimate of drug-likeness (QED) is 0.600. The van der Waals surface area contributed by atoms with Crippen molar-refractivity contribution in [3.8, 4) is 5.75 Å². The summed E-state index contributed by atoms with van der Waals surface area (Å²) in [6, 6.07) is 12.2. The average Bonchev–Trinajstić information content (AvgIpc) is 2.91. The van der Waals surface area contributed by atoms with Crippen LogP contribution in [0.25, 0.3) is 0 Å². The number of carbonyl (C=O) groups excluding carboxylic acids is 3. The van der Waals surface area contributed by atoms with Gasteiger partial charge in [-0.1, -0.05) is 41.5 Å². The number of benzene rings is 2. The second-order valence-electron chi connectivity index (χ2n) is 7.29. The number of amides is 3. The van der Waals surface area contributed by atoms with E-state index in [1.807, 2.05) is 38.1 Å². The fraction of sp³-hybridized carbons (Fsp3) is 0.318. The van der Waals surface area contributed by atoms with Crippen molar-refractivity contribution in [2.24, 2.45) is 0 Å². The first kappa shape index (κ1) is 20.4. The molecule has 1 heterocycles. The van der Waals surface area contributed by atoms with Crippen LogP contribution in [-0.4, -0.2) is 36.5 Å². The van der Waals surface area contributed by atoms with Crippen molar-refractivity contribution in [3.05, 3.63) is 64.7 Å². The Morgan fingerprint density at radius 1 is 1.07 bits per heavy atom. The van der Waals surface area contributed by atoms with Crippen molar-refractivity contribution in [2.45, 2.75) is 32.9 Å². The topological polar surface area (TPSA) is 84.9 Å². The molecule has 2 aromatic rings. The van der Waals surface area contributed by atoms with Crippen LogP contribution in [0, 0.1) is 13.8 Å². The minimum atomic E-state index is -1.22. The molecule has 152 valence electrons. The van der Waals surface area contributed by atoms with Crippen molar-refractivity contribution in [3.63, 3.8) is 0 Å². The Bertz CT molecular complexity index is 954. The van der Waals surface area contributed by atoms with Crippen molar-refractivity contribution >= 4 is 17.9 Å². The predicted molar refractivity (Wildman–Crippen MR) is 106 cm³/mol. The highest BCUT2D eigenvalue weighted by Gasteiger charge is 2.49. The number of esters is 1. The van der Waals surface area contributed by atoms with Crippen LogP contribution in [0.3, 0.4) is 0 Å². The molecule has 29 heavy (non-hydrogen) atoms. The zero-order chi connectivity index (χ0) is 21.2. The molecule has 1 saturated heterocycles. The van der Waals surface area contributed by atoms with E-state index in [2.05, 4.69) is 5.32 Å². The first-order valence-corrected chi connectivity index (χ1v) is 9.25. The molecule has 0 unspecified atom stereocenters. The van der Waals surface area contributed by atoms with Crippen LogP contribution in [0.2, 0.25) is 0 Å². The van der Waals surface area contributed by atoms with E-state index in [1.165, 1.54) is 7.11 Å².